The molecule has 1 aromatic heterocycles. The molecule has 4 aromatic rings. The summed E-state index contributed by atoms with van der Waals surface area (Å²) in [6.07, 6.45) is 0. The first-order valence-corrected chi connectivity index (χ1v) is 13.0. The van der Waals surface area contributed by atoms with Crippen molar-refractivity contribution >= 4 is 35.1 Å². The highest BCUT2D eigenvalue weighted by molar-refractivity contribution is 6.30. The third-order valence-corrected chi connectivity index (χ3v) is 7.18. The van der Waals surface area contributed by atoms with Crippen molar-refractivity contribution in [2.75, 3.05) is 22.2 Å². The predicted molar refractivity (Wildman–Crippen MR) is 150 cm³/mol. The number of hydrogen-bond donors (Lipinski definition) is 4. The lowest BCUT2D eigenvalue weighted by molar-refractivity contribution is -0.125. The Kier molecular flexibility index (Phi) is 6.81. The second-order valence-corrected chi connectivity index (χ2v) is 9.97. The fourth-order valence-electron chi connectivity index (χ4n) is 4.99. The number of anilines is 3. The average Bonchev–Trinajstić information content (AvgIpc) is 3.38. The summed E-state index contributed by atoms with van der Waals surface area (Å²) in [6, 6.07) is 27.7. The van der Waals surface area contributed by atoms with Crippen LogP contribution in [0.4, 0.5) is 17.6 Å². The standard InChI is InChI=1S/C29H28ClN7O/c30-22-13-11-20(12-14-22)15-31-28(38)23-18-37(17-21-9-5-2-6-10-21)27-24-25(23)35-36-26(24)33-29(34-27)32-16-19-7-3-1-4-8-19/h1-14,23,25,35H,15-18H2,(H,31,38)(H2,32,33,34,36). The number of nitrogens with zero attached hydrogens (tertiary/aromatic N) is 3. The minimum atomic E-state index is -0.334. The van der Waals surface area contributed by atoms with Gasteiger partial charge in [0.15, 0.2) is 5.82 Å². The smallest absolute Gasteiger partial charge is 0.227 e. The van der Waals surface area contributed by atoms with Gasteiger partial charge in [-0.3, -0.25) is 4.79 Å². The van der Waals surface area contributed by atoms with Crippen molar-refractivity contribution in [3.63, 3.8) is 0 Å². The lowest BCUT2D eigenvalue weighted by Crippen LogP contribution is -2.48. The fourth-order valence-corrected chi connectivity index (χ4v) is 5.11. The third kappa shape index (κ3) is 5.14. The summed E-state index contributed by atoms with van der Waals surface area (Å²) in [6.45, 7) is 2.20. The molecule has 0 spiro atoms. The largest absolute Gasteiger partial charge is 0.352 e. The Hall–Kier alpha value is -4.14. The van der Waals surface area contributed by atoms with Gasteiger partial charge in [0.1, 0.15) is 5.82 Å². The zero-order chi connectivity index (χ0) is 25.9. The first kappa shape index (κ1) is 24.2. The average molecular weight is 526 g/mol. The van der Waals surface area contributed by atoms with Crippen molar-refractivity contribution in [2.45, 2.75) is 25.7 Å². The van der Waals surface area contributed by atoms with Crippen LogP contribution in [0.2, 0.25) is 5.02 Å². The molecule has 4 N–H and O–H groups in total. The van der Waals surface area contributed by atoms with Crippen molar-refractivity contribution in [2.24, 2.45) is 5.92 Å². The van der Waals surface area contributed by atoms with Crippen LogP contribution in [0.1, 0.15) is 28.3 Å². The number of hydrazine groups is 1. The van der Waals surface area contributed by atoms with Gasteiger partial charge in [-0.15, -0.1) is 0 Å². The van der Waals surface area contributed by atoms with Crippen LogP contribution in [0, 0.1) is 5.92 Å². The Morgan fingerprint density at radius 2 is 1.58 bits per heavy atom. The highest BCUT2D eigenvalue weighted by Gasteiger charge is 2.44. The molecule has 2 aliphatic heterocycles. The molecule has 0 radical (unpaired) electrons. The van der Waals surface area contributed by atoms with Crippen molar-refractivity contribution in [3.8, 4) is 0 Å². The van der Waals surface area contributed by atoms with Crippen LogP contribution in [0.15, 0.2) is 84.9 Å². The number of amides is 1. The Morgan fingerprint density at radius 3 is 2.32 bits per heavy atom. The first-order valence-electron chi connectivity index (χ1n) is 12.7. The van der Waals surface area contributed by atoms with Gasteiger partial charge < -0.3 is 21.0 Å². The quantitative estimate of drug-likeness (QED) is 0.266. The number of aromatic nitrogens is 2. The van der Waals surface area contributed by atoms with E-state index in [1.165, 1.54) is 0 Å². The van der Waals surface area contributed by atoms with Gasteiger partial charge in [0.2, 0.25) is 11.9 Å². The molecule has 0 saturated heterocycles. The summed E-state index contributed by atoms with van der Waals surface area (Å²) in [5.41, 5.74) is 10.7. The van der Waals surface area contributed by atoms with Gasteiger partial charge in [-0.2, -0.15) is 9.97 Å². The summed E-state index contributed by atoms with van der Waals surface area (Å²) < 4.78 is 0. The minimum Gasteiger partial charge on any atom is -0.352 e. The summed E-state index contributed by atoms with van der Waals surface area (Å²) >= 11 is 6.01. The summed E-state index contributed by atoms with van der Waals surface area (Å²) in [4.78, 5) is 25.3. The summed E-state index contributed by atoms with van der Waals surface area (Å²) in [7, 11) is 0. The van der Waals surface area contributed by atoms with Crippen LogP contribution in [0.5, 0.6) is 0 Å². The van der Waals surface area contributed by atoms with E-state index in [-0.39, 0.29) is 17.9 Å². The van der Waals surface area contributed by atoms with Gasteiger partial charge in [0.25, 0.3) is 0 Å². The van der Waals surface area contributed by atoms with Crippen LogP contribution < -0.4 is 26.4 Å². The van der Waals surface area contributed by atoms with Crippen LogP contribution >= 0.6 is 11.6 Å². The van der Waals surface area contributed by atoms with Gasteiger partial charge in [-0.05, 0) is 28.8 Å². The van der Waals surface area contributed by atoms with Crippen LogP contribution in [0.25, 0.3) is 0 Å². The molecule has 0 saturated carbocycles. The summed E-state index contributed by atoms with van der Waals surface area (Å²) in [5, 5.41) is 7.14. The minimum absolute atomic E-state index is 0.0258. The number of halogens is 1. The van der Waals surface area contributed by atoms with Crippen LogP contribution in [-0.2, 0) is 24.4 Å². The molecule has 2 atom stereocenters. The number of rotatable bonds is 8. The van der Waals surface area contributed by atoms with Gasteiger partial charge in [-0.25, -0.2) is 5.43 Å². The molecule has 2 aliphatic rings. The fraction of sp³-hybridized carbons (Fsp3) is 0.207. The molecule has 8 nitrogen and oxygen atoms in total. The molecule has 3 aromatic carbocycles. The molecular weight excluding hydrogens is 498 g/mol. The van der Waals surface area contributed by atoms with E-state index in [4.69, 9.17) is 21.6 Å². The molecule has 0 bridgehead atoms. The lowest BCUT2D eigenvalue weighted by atomic mass is 9.89. The Labute approximate surface area is 226 Å². The summed E-state index contributed by atoms with van der Waals surface area (Å²) in [5.74, 6) is 1.71. The van der Waals surface area contributed by atoms with Crippen LogP contribution in [0.3, 0.4) is 0 Å². The molecule has 0 fully saturated rings. The van der Waals surface area contributed by atoms with Crippen LogP contribution in [-0.4, -0.2) is 22.4 Å². The van der Waals surface area contributed by atoms with Gasteiger partial charge >= 0.3 is 0 Å². The maximum atomic E-state index is 13.5. The highest BCUT2D eigenvalue weighted by Crippen LogP contribution is 2.44. The van der Waals surface area contributed by atoms with Gasteiger partial charge in [0, 0.05) is 31.2 Å². The molecule has 6 rings (SSSR count). The number of carbonyl (C=O) groups excluding carboxylic acids is 1. The van der Waals surface area contributed by atoms with Crippen molar-refractivity contribution in [3.05, 3.63) is 112 Å². The SMILES string of the molecule is O=C(NCc1ccc(Cl)cc1)C1CN(Cc2ccccc2)c2nc(NCc3ccccc3)nc3c2C1NN3. The van der Waals surface area contributed by atoms with Gasteiger partial charge in [-0.1, -0.05) is 84.4 Å². The normalized spacial score (nSPS) is 17.4. The van der Waals surface area contributed by atoms with E-state index in [0.717, 1.165) is 28.1 Å². The maximum Gasteiger partial charge on any atom is 0.227 e. The number of hydrogen-bond acceptors (Lipinski definition) is 7. The Morgan fingerprint density at radius 1 is 0.895 bits per heavy atom. The monoisotopic (exact) mass is 525 g/mol. The van der Waals surface area contributed by atoms with E-state index in [9.17, 15) is 4.79 Å². The molecular formula is C29H28ClN7O. The van der Waals surface area contributed by atoms with Crippen molar-refractivity contribution in [1.82, 2.24) is 20.7 Å². The second-order valence-electron chi connectivity index (χ2n) is 9.54. The predicted octanol–water partition coefficient (Wildman–Crippen LogP) is 4.67. The van der Waals surface area contributed by atoms with E-state index in [0.29, 0.717) is 43.0 Å². The first-order chi connectivity index (χ1) is 18.6. The van der Waals surface area contributed by atoms with E-state index in [1.54, 1.807) is 0 Å². The molecule has 1 amide bonds. The second kappa shape index (κ2) is 10.7. The zero-order valence-corrected chi connectivity index (χ0v) is 21.4. The molecule has 2 unspecified atom stereocenters. The molecule has 192 valence electrons. The topological polar surface area (TPSA) is 94.2 Å². The number of benzene rings is 3. The number of carbonyl (C=O) groups is 1. The lowest BCUT2D eigenvalue weighted by Gasteiger charge is -2.37. The van der Waals surface area contributed by atoms with E-state index in [2.05, 4.69) is 50.7 Å². The van der Waals surface area contributed by atoms with E-state index >= 15 is 0 Å². The molecule has 0 aliphatic carbocycles. The maximum absolute atomic E-state index is 13.5. The van der Waals surface area contributed by atoms with Crippen molar-refractivity contribution in [1.29, 1.82) is 0 Å². The molecule has 38 heavy (non-hydrogen) atoms. The number of nitrogens with one attached hydrogen (secondary N) is 4. The molecule has 9 heteroatoms. The molecule has 3 heterocycles. The van der Waals surface area contributed by atoms with Crippen molar-refractivity contribution < 1.29 is 4.79 Å². The Balaban J connectivity index is 1.27. The Bertz CT molecular complexity index is 1420. The van der Waals surface area contributed by atoms with E-state index < -0.39 is 0 Å². The van der Waals surface area contributed by atoms with E-state index in [1.807, 2.05) is 60.7 Å². The van der Waals surface area contributed by atoms with Gasteiger partial charge in [0.05, 0.1) is 17.5 Å². The highest BCUT2D eigenvalue weighted by atomic mass is 35.5. The zero-order valence-electron chi connectivity index (χ0n) is 20.7. The third-order valence-electron chi connectivity index (χ3n) is 6.93.